The van der Waals surface area contributed by atoms with Gasteiger partial charge in [-0.3, -0.25) is 4.79 Å². The maximum Gasteiger partial charge on any atom is 0.222 e. The van der Waals surface area contributed by atoms with E-state index in [1.54, 1.807) is 6.08 Å². The van der Waals surface area contributed by atoms with Crippen molar-refractivity contribution in [2.24, 2.45) is 0 Å². The molecule has 0 saturated heterocycles. The first kappa shape index (κ1) is 72.6. The average molecular weight is 1040 g/mol. The summed E-state index contributed by atoms with van der Waals surface area (Å²) >= 11 is 0. The number of carbonyl (C=O) groups is 1. The van der Waals surface area contributed by atoms with Crippen molar-refractivity contribution in [3.8, 4) is 0 Å². The Morgan fingerprint density at radius 1 is 0.338 bits per heavy atom. The third-order valence-corrected chi connectivity index (χ3v) is 15.9. The zero-order valence-corrected chi connectivity index (χ0v) is 50.3. The first-order valence-electron chi connectivity index (χ1n) is 33.8. The van der Waals surface area contributed by atoms with Crippen LogP contribution in [0.4, 0.5) is 0 Å². The van der Waals surface area contributed by atoms with Crippen molar-refractivity contribution >= 4 is 5.91 Å². The van der Waals surface area contributed by atoms with Crippen LogP contribution in [0.1, 0.15) is 373 Å². The molecule has 3 unspecified atom stereocenters. The lowest BCUT2D eigenvalue weighted by Crippen LogP contribution is -2.45. The molecule has 5 heteroatoms. The summed E-state index contributed by atoms with van der Waals surface area (Å²) in [4.78, 5) is 12.6. The van der Waals surface area contributed by atoms with Gasteiger partial charge in [0, 0.05) is 0 Å². The Labute approximate surface area is 464 Å². The first-order chi connectivity index (χ1) is 36.5. The van der Waals surface area contributed by atoms with E-state index in [-0.39, 0.29) is 18.9 Å². The summed E-state index contributed by atoms with van der Waals surface area (Å²) in [6.07, 6.45) is 85.4. The molecule has 0 fully saturated rings. The topological polar surface area (TPSA) is 89.8 Å². The molecule has 0 saturated carbocycles. The van der Waals surface area contributed by atoms with Crippen molar-refractivity contribution in [2.45, 2.75) is 392 Å². The second-order valence-corrected chi connectivity index (χ2v) is 23.4. The molecule has 0 aliphatic heterocycles. The molecule has 0 rings (SSSR count). The molecule has 0 aliphatic rings. The fraction of sp³-hybridized carbons (Fsp3) is 0.899. The van der Waals surface area contributed by atoms with E-state index in [1.165, 1.54) is 308 Å². The molecular weight excluding hydrogens is 907 g/mol. The highest BCUT2D eigenvalue weighted by Gasteiger charge is 2.20. The van der Waals surface area contributed by atoms with Gasteiger partial charge in [-0.2, -0.15) is 0 Å². The smallest absolute Gasteiger partial charge is 0.222 e. The number of rotatable bonds is 63. The van der Waals surface area contributed by atoms with Crippen molar-refractivity contribution in [2.75, 3.05) is 6.61 Å². The molecule has 0 aromatic rings. The molecule has 0 radical (unpaired) electrons. The molecule has 74 heavy (non-hydrogen) atoms. The van der Waals surface area contributed by atoms with Crippen molar-refractivity contribution in [1.82, 2.24) is 5.32 Å². The minimum Gasteiger partial charge on any atom is -0.394 e. The maximum atomic E-state index is 12.6. The predicted molar refractivity (Wildman–Crippen MR) is 328 cm³/mol. The molecule has 0 spiro atoms. The third-order valence-electron chi connectivity index (χ3n) is 15.9. The Balaban J connectivity index is 3.51. The maximum absolute atomic E-state index is 12.6. The van der Waals surface area contributed by atoms with Gasteiger partial charge in [0.25, 0.3) is 0 Å². The van der Waals surface area contributed by atoms with Gasteiger partial charge in [0.15, 0.2) is 0 Å². The zero-order chi connectivity index (χ0) is 53.6. The van der Waals surface area contributed by atoms with E-state index < -0.39 is 18.2 Å². The van der Waals surface area contributed by atoms with E-state index in [0.29, 0.717) is 6.42 Å². The summed E-state index contributed by atoms with van der Waals surface area (Å²) in [5.74, 6) is -0.322. The highest BCUT2D eigenvalue weighted by atomic mass is 16.3. The fourth-order valence-corrected chi connectivity index (χ4v) is 10.8. The fourth-order valence-electron chi connectivity index (χ4n) is 10.8. The second kappa shape index (κ2) is 64.1. The van der Waals surface area contributed by atoms with Crippen LogP contribution in [-0.2, 0) is 4.79 Å². The molecule has 5 nitrogen and oxygen atoms in total. The monoisotopic (exact) mass is 1040 g/mol. The lowest BCUT2D eigenvalue weighted by atomic mass is 10.0. The quantitative estimate of drug-likeness (QED) is 0.0361. The van der Waals surface area contributed by atoms with Gasteiger partial charge in [0.1, 0.15) is 0 Å². The molecule has 0 aliphatic carbocycles. The van der Waals surface area contributed by atoms with E-state index >= 15 is 0 Å². The number of aliphatic hydroxyl groups is 3. The van der Waals surface area contributed by atoms with Crippen LogP contribution in [0.2, 0.25) is 0 Å². The number of allylic oxidation sites excluding steroid dienone is 5. The van der Waals surface area contributed by atoms with Gasteiger partial charge >= 0.3 is 0 Å². The standard InChI is InChI=1S/C69H133NO4/c1-3-5-7-9-11-13-15-17-19-21-23-25-27-29-30-31-32-33-34-35-36-37-38-39-40-42-44-46-48-50-52-54-56-58-60-62-66(72)64-69(74)70-67(65-71)68(73)63-61-59-57-55-53-51-49-47-45-43-41-28-26-24-22-20-18-16-14-12-10-8-6-4-2/h45,47,53,55,61,63,66-68,71-73H,3-44,46,48-52,54,56-60,62,64-65H2,1-2H3,(H,70,74)/b47-45+,55-53+,63-61+. The van der Waals surface area contributed by atoms with Crippen LogP contribution in [0.15, 0.2) is 36.5 Å². The van der Waals surface area contributed by atoms with Gasteiger partial charge in [-0.05, 0) is 44.9 Å². The largest absolute Gasteiger partial charge is 0.394 e. The van der Waals surface area contributed by atoms with Gasteiger partial charge < -0.3 is 20.6 Å². The van der Waals surface area contributed by atoms with Crippen molar-refractivity contribution in [1.29, 1.82) is 0 Å². The molecular formula is C69H133NO4. The molecule has 0 bridgehead atoms. The van der Waals surface area contributed by atoms with Gasteiger partial charge in [0.05, 0.1) is 31.3 Å². The van der Waals surface area contributed by atoms with E-state index in [4.69, 9.17) is 0 Å². The highest BCUT2D eigenvalue weighted by Crippen LogP contribution is 2.19. The molecule has 4 N–H and O–H groups in total. The number of hydrogen-bond acceptors (Lipinski definition) is 4. The molecule has 1 amide bonds. The summed E-state index contributed by atoms with van der Waals surface area (Å²) in [5.41, 5.74) is 0. The van der Waals surface area contributed by atoms with Crippen LogP contribution in [0.5, 0.6) is 0 Å². The van der Waals surface area contributed by atoms with Crippen LogP contribution in [0.25, 0.3) is 0 Å². The number of nitrogens with one attached hydrogen (secondary N) is 1. The molecule has 0 aromatic carbocycles. The second-order valence-electron chi connectivity index (χ2n) is 23.4. The van der Waals surface area contributed by atoms with Gasteiger partial charge in [-0.1, -0.05) is 359 Å². The Morgan fingerprint density at radius 3 is 0.865 bits per heavy atom. The lowest BCUT2D eigenvalue weighted by Gasteiger charge is -2.21. The Morgan fingerprint density at radius 2 is 0.581 bits per heavy atom. The number of carbonyl (C=O) groups excluding carboxylic acids is 1. The average Bonchev–Trinajstić information content (AvgIpc) is 3.40. The summed E-state index contributed by atoms with van der Waals surface area (Å²) in [6.45, 7) is 4.25. The van der Waals surface area contributed by atoms with Crippen LogP contribution < -0.4 is 5.32 Å². The van der Waals surface area contributed by atoms with Gasteiger partial charge in [0.2, 0.25) is 5.91 Å². The zero-order valence-electron chi connectivity index (χ0n) is 50.3. The van der Waals surface area contributed by atoms with Crippen LogP contribution in [0.3, 0.4) is 0 Å². The van der Waals surface area contributed by atoms with Crippen molar-refractivity contribution in [3.05, 3.63) is 36.5 Å². The summed E-state index contributed by atoms with van der Waals surface area (Å²) in [7, 11) is 0. The lowest BCUT2D eigenvalue weighted by molar-refractivity contribution is -0.124. The predicted octanol–water partition coefficient (Wildman–Crippen LogP) is 21.7. The Kier molecular flexibility index (Phi) is 62.9. The van der Waals surface area contributed by atoms with Gasteiger partial charge in [-0.15, -0.1) is 0 Å². The van der Waals surface area contributed by atoms with E-state index in [2.05, 4.69) is 43.5 Å². The summed E-state index contributed by atoms with van der Waals surface area (Å²) < 4.78 is 0. The molecule has 3 atom stereocenters. The Bertz CT molecular complexity index is 1150. The minimum atomic E-state index is -0.960. The van der Waals surface area contributed by atoms with Crippen LogP contribution in [0, 0.1) is 0 Å². The Hall–Kier alpha value is -1.43. The molecule has 0 aromatic heterocycles. The number of aliphatic hydroxyl groups excluding tert-OH is 3. The van der Waals surface area contributed by atoms with E-state index in [9.17, 15) is 20.1 Å². The minimum absolute atomic E-state index is 0.00601. The van der Waals surface area contributed by atoms with Crippen LogP contribution in [-0.4, -0.2) is 46.1 Å². The first-order valence-corrected chi connectivity index (χ1v) is 33.8. The van der Waals surface area contributed by atoms with Crippen molar-refractivity contribution in [3.63, 3.8) is 0 Å². The normalized spacial score (nSPS) is 13.3. The summed E-state index contributed by atoms with van der Waals surface area (Å²) in [6, 6.07) is -0.768. The molecule has 438 valence electrons. The number of unbranched alkanes of at least 4 members (excludes halogenated alkanes) is 50. The van der Waals surface area contributed by atoms with Crippen molar-refractivity contribution < 1.29 is 20.1 Å². The third kappa shape index (κ3) is 59.8. The summed E-state index contributed by atoms with van der Waals surface area (Å²) in [5, 5.41) is 33.5. The SMILES string of the molecule is CCCCCCCCCCCCCCCC/C=C/CC/C=C/CC/C=C/C(O)C(CO)NC(=O)CC(O)CCCCCCCCCCCCCCCCCCCCCCCCCCCCCCCCCCCCC. The highest BCUT2D eigenvalue weighted by molar-refractivity contribution is 5.76. The number of amides is 1. The van der Waals surface area contributed by atoms with E-state index in [1.807, 2.05) is 6.08 Å². The van der Waals surface area contributed by atoms with Crippen LogP contribution >= 0.6 is 0 Å². The molecule has 0 heterocycles. The van der Waals surface area contributed by atoms with Gasteiger partial charge in [-0.25, -0.2) is 0 Å². The van der Waals surface area contributed by atoms with E-state index in [0.717, 1.165) is 38.5 Å². The number of hydrogen-bond donors (Lipinski definition) is 4.